The number of aliphatic imine (C=N–C) groups is 1. The molecule has 1 unspecified atom stereocenters. The van der Waals surface area contributed by atoms with Crippen molar-refractivity contribution in [2.24, 2.45) is 4.99 Å². The molecule has 174 valence electrons. The molecule has 0 radical (unpaired) electrons. The Morgan fingerprint density at radius 2 is 2.00 bits per heavy atom. The quantitative estimate of drug-likeness (QED) is 0.216. The van der Waals surface area contributed by atoms with Crippen molar-refractivity contribution in [1.82, 2.24) is 20.5 Å². The molecule has 0 amide bonds. The summed E-state index contributed by atoms with van der Waals surface area (Å²) in [6, 6.07) is 0. The van der Waals surface area contributed by atoms with Gasteiger partial charge in [-0.05, 0) is 32.6 Å². The van der Waals surface area contributed by atoms with Crippen molar-refractivity contribution in [3.05, 3.63) is 17.0 Å². The zero-order chi connectivity index (χ0) is 21.1. The lowest BCUT2D eigenvalue weighted by Crippen LogP contribution is -2.42. The SMILES string of the molecule is CCNC(=NCc1c(CC)noc1CC)NCCS(=O)(=O)NCC1CCCCO1.I. The molecule has 0 saturated carbocycles. The molecule has 2 rings (SSSR count). The molecular formula is C19H36IN5O4S. The Hall–Kier alpha value is -0.920. The Morgan fingerprint density at radius 3 is 2.63 bits per heavy atom. The zero-order valence-corrected chi connectivity index (χ0v) is 21.3. The van der Waals surface area contributed by atoms with Crippen LogP contribution in [-0.4, -0.2) is 57.6 Å². The van der Waals surface area contributed by atoms with E-state index >= 15 is 0 Å². The number of guanidine groups is 1. The summed E-state index contributed by atoms with van der Waals surface area (Å²) in [6.07, 6.45) is 4.56. The maximum absolute atomic E-state index is 12.2. The number of rotatable bonds is 11. The molecule has 1 aliphatic heterocycles. The van der Waals surface area contributed by atoms with E-state index in [2.05, 4.69) is 25.5 Å². The van der Waals surface area contributed by atoms with E-state index in [0.29, 0.717) is 32.2 Å². The molecule has 11 heteroatoms. The number of halogens is 1. The molecule has 1 aliphatic rings. The summed E-state index contributed by atoms with van der Waals surface area (Å²) in [5, 5.41) is 10.3. The van der Waals surface area contributed by atoms with Crippen LogP contribution in [0, 0.1) is 0 Å². The number of nitrogens with one attached hydrogen (secondary N) is 3. The maximum atomic E-state index is 12.2. The van der Waals surface area contributed by atoms with Crippen LogP contribution in [0.4, 0.5) is 0 Å². The lowest BCUT2D eigenvalue weighted by molar-refractivity contribution is 0.0200. The largest absolute Gasteiger partial charge is 0.377 e. The standard InChI is InChI=1S/C19H35N5O4S.HI/c1-4-17-16(18(5-2)28-24-17)14-22-19(20-6-3)21-10-12-29(25,26)23-13-15-9-7-8-11-27-15;/h15,23H,4-14H2,1-3H3,(H2,20,21,22);1H. The van der Waals surface area contributed by atoms with Crippen LogP contribution in [0.3, 0.4) is 0 Å². The highest BCUT2D eigenvalue weighted by Gasteiger charge is 2.18. The average Bonchev–Trinajstić information content (AvgIpc) is 3.13. The Balaban J connectivity index is 0.00000450. The third-order valence-electron chi connectivity index (χ3n) is 4.81. The van der Waals surface area contributed by atoms with Crippen LogP contribution >= 0.6 is 24.0 Å². The van der Waals surface area contributed by atoms with Gasteiger partial charge in [0.25, 0.3) is 0 Å². The summed E-state index contributed by atoms with van der Waals surface area (Å²) in [4.78, 5) is 4.57. The van der Waals surface area contributed by atoms with E-state index in [1.54, 1.807) is 0 Å². The molecular weight excluding hydrogens is 521 g/mol. The molecule has 30 heavy (non-hydrogen) atoms. The van der Waals surface area contributed by atoms with Gasteiger partial charge < -0.3 is 19.9 Å². The van der Waals surface area contributed by atoms with Crippen LogP contribution in [0.5, 0.6) is 0 Å². The number of nitrogens with zero attached hydrogens (tertiary/aromatic N) is 2. The summed E-state index contributed by atoms with van der Waals surface area (Å²) in [7, 11) is -3.37. The lowest BCUT2D eigenvalue weighted by Gasteiger charge is -2.22. The summed E-state index contributed by atoms with van der Waals surface area (Å²) in [5.74, 6) is 1.39. The topological polar surface area (TPSA) is 118 Å². The van der Waals surface area contributed by atoms with Crippen LogP contribution in [0.2, 0.25) is 0 Å². The first-order valence-corrected chi connectivity index (χ1v) is 12.2. The van der Waals surface area contributed by atoms with Gasteiger partial charge in [-0.2, -0.15) is 0 Å². The van der Waals surface area contributed by atoms with Crippen molar-refractivity contribution in [2.75, 3.05) is 32.0 Å². The lowest BCUT2D eigenvalue weighted by atomic mass is 10.1. The Labute approximate surface area is 197 Å². The number of sulfonamides is 1. The van der Waals surface area contributed by atoms with Crippen molar-refractivity contribution in [3.63, 3.8) is 0 Å². The number of aromatic nitrogens is 1. The van der Waals surface area contributed by atoms with E-state index < -0.39 is 10.0 Å². The van der Waals surface area contributed by atoms with Gasteiger partial charge in [0.1, 0.15) is 5.76 Å². The minimum absolute atomic E-state index is 0. The number of hydrogen-bond acceptors (Lipinski definition) is 6. The molecule has 0 spiro atoms. The predicted octanol–water partition coefficient (Wildman–Crippen LogP) is 1.96. The van der Waals surface area contributed by atoms with Crippen LogP contribution in [-0.2, 0) is 34.1 Å². The summed E-state index contributed by atoms with van der Waals surface area (Å²) in [6.45, 7) is 8.45. The van der Waals surface area contributed by atoms with Gasteiger partial charge >= 0.3 is 0 Å². The van der Waals surface area contributed by atoms with E-state index in [1.165, 1.54) is 0 Å². The highest BCUT2D eigenvalue weighted by Crippen LogP contribution is 2.16. The monoisotopic (exact) mass is 557 g/mol. The Kier molecular flexibility index (Phi) is 12.8. The van der Waals surface area contributed by atoms with Crippen LogP contribution in [0.25, 0.3) is 0 Å². The van der Waals surface area contributed by atoms with E-state index in [-0.39, 0.29) is 42.4 Å². The average molecular weight is 557 g/mol. The number of ether oxygens (including phenoxy) is 1. The summed E-state index contributed by atoms with van der Waals surface area (Å²) < 4.78 is 38.1. The molecule has 3 N–H and O–H groups in total. The molecule has 1 aromatic heterocycles. The molecule has 1 atom stereocenters. The van der Waals surface area contributed by atoms with E-state index in [4.69, 9.17) is 9.26 Å². The van der Waals surface area contributed by atoms with Crippen molar-refractivity contribution < 1.29 is 17.7 Å². The van der Waals surface area contributed by atoms with Crippen molar-refractivity contribution in [3.8, 4) is 0 Å². The van der Waals surface area contributed by atoms with E-state index in [1.807, 2.05) is 20.8 Å². The van der Waals surface area contributed by atoms with Gasteiger partial charge in [-0.25, -0.2) is 18.1 Å². The van der Waals surface area contributed by atoms with Gasteiger partial charge in [0.15, 0.2) is 5.96 Å². The Bertz CT molecular complexity index is 727. The summed E-state index contributed by atoms with van der Waals surface area (Å²) >= 11 is 0. The van der Waals surface area contributed by atoms with Crippen molar-refractivity contribution >= 4 is 40.0 Å². The van der Waals surface area contributed by atoms with Crippen LogP contribution in [0.1, 0.15) is 57.1 Å². The highest BCUT2D eigenvalue weighted by molar-refractivity contribution is 14.0. The minimum atomic E-state index is -3.37. The maximum Gasteiger partial charge on any atom is 0.213 e. The third kappa shape index (κ3) is 9.06. The Morgan fingerprint density at radius 1 is 1.20 bits per heavy atom. The fourth-order valence-corrected chi connectivity index (χ4v) is 4.14. The molecule has 1 saturated heterocycles. The first-order valence-electron chi connectivity index (χ1n) is 10.6. The third-order valence-corrected chi connectivity index (χ3v) is 6.16. The second-order valence-corrected chi connectivity index (χ2v) is 8.94. The smallest absolute Gasteiger partial charge is 0.213 e. The highest BCUT2D eigenvalue weighted by atomic mass is 127. The minimum Gasteiger partial charge on any atom is -0.377 e. The van der Waals surface area contributed by atoms with Crippen LogP contribution < -0.4 is 15.4 Å². The number of hydrogen-bond donors (Lipinski definition) is 3. The first-order chi connectivity index (χ1) is 14.0. The predicted molar refractivity (Wildman–Crippen MR) is 129 cm³/mol. The molecule has 9 nitrogen and oxygen atoms in total. The molecule has 2 heterocycles. The molecule has 0 aromatic carbocycles. The van der Waals surface area contributed by atoms with Crippen LogP contribution in [0.15, 0.2) is 9.52 Å². The second-order valence-electron chi connectivity index (χ2n) is 7.02. The van der Waals surface area contributed by atoms with Gasteiger partial charge in [0, 0.05) is 38.2 Å². The first kappa shape index (κ1) is 27.1. The fraction of sp³-hybridized carbons (Fsp3) is 0.789. The second kappa shape index (κ2) is 14.2. The zero-order valence-electron chi connectivity index (χ0n) is 18.2. The molecule has 1 aromatic rings. The molecule has 1 fully saturated rings. The molecule has 0 aliphatic carbocycles. The fourth-order valence-electron chi connectivity index (χ4n) is 3.18. The summed E-state index contributed by atoms with van der Waals surface area (Å²) in [5.41, 5.74) is 1.92. The van der Waals surface area contributed by atoms with Crippen molar-refractivity contribution in [1.29, 1.82) is 0 Å². The van der Waals surface area contributed by atoms with Gasteiger partial charge in [-0.15, -0.1) is 24.0 Å². The van der Waals surface area contributed by atoms with E-state index in [9.17, 15) is 8.42 Å². The van der Waals surface area contributed by atoms with Gasteiger partial charge in [-0.3, -0.25) is 0 Å². The number of aryl methyl sites for hydroxylation is 2. The van der Waals surface area contributed by atoms with Gasteiger partial charge in [-0.1, -0.05) is 19.0 Å². The van der Waals surface area contributed by atoms with Gasteiger partial charge in [0.05, 0.1) is 24.1 Å². The molecule has 0 bridgehead atoms. The van der Waals surface area contributed by atoms with Crippen molar-refractivity contribution in [2.45, 2.75) is 65.5 Å². The normalized spacial score (nSPS) is 17.4. The van der Waals surface area contributed by atoms with Gasteiger partial charge in [0.2, 0.25) is 10.0 Å². The van der Waals surface area contributed by atoms with E-state index in [0.717, 1.165) is 49.1 Å².